The largest absolute Gasteiger partial charge is 0.344 e. The van der Waals surface area contributed by atoms with E-state index >= 15 is 0 Å². The van der Waals surface area contributed by atoms with Gasteiger partial charge in [0.15, 0.2) is 0 Å². The Balaban J connectivity index is 2.05. The molecule has 3 aromatic rings. The number of aromatic nitrogens is 1. The molecule has 3 heteroatoms. The Morgan fingerprint density at radius 1 is 0.778 bits per heavy atom. The van der Waals surface area contributed by atoms with Crippen LogP contribution in [0.4, 0.5) is 0 Å². The van der Waals surface area contributed by atoms with Gasteiger partial charge in [0.1, 0.15) is 5.69 Å². The fourth-order valence-electron chi connectivity index (χ4n) is 1.88. The molecule has 2 aromatic carbocycles. The van der Waals surface area contributed by atoms with Crippen molar-refractivity contribution >= 4 is 11.6 Å². The Hall–Kier alpha value is -2.06. The summed E-state index contributed by atoms with van der Waals surface area (Å²) >= 11 is 5.74. The molecule has 0 aliphatic rings. The van der Waals surface area contributed by atoms with Gasteiger partial charge in [-0.05, 0) is 28.8 Å². The van der Waals surface area contributed by atoms with Crippen molar-refractivity contribution in [2.45, 2.75) is 0 Å². The molecule has 3 rings (SSSR count). The summed E-state index contributed by atoms with van der Waals surface area (Å²) in [6.45, 7) is 0. The van der Waals surface area contributed by atoms with Gasteiger partial charge in [0.25, 0.3) is 0 Å². The van der Waals surface area contributed by atoms with E-state index in [1.807, 2.05) is 30.3 Å². The summed E-state index contributed by atoms with van der Waals surface area (Å²) in [5, 5.41) is 4.21. The summed E-state index contributed by atoms with van der Waals surface area (Å²) in [7, 11) is 0. The maximum atomic E-state index is 5.74. The van der Waals surface area contributed by atoms with E-state index in [9.17, 15) is 0 Å². The molecule has 0 aliphatic heterocycles. The molecule has 2 nitrogen and oxygen atoms in total. The Morgan fingerprint density at radius 2 is 1.50 bits per heavy atom. The molecule has 0 saturated heterocycles. The van der Waals surface area contributed by atoms with Crippen LogP contribution in [0.3, 0.4) is 0 Å². The predicted octanol–water partition coefficient (Wildman–Crippen LogP) is 4.66. The van der Waals surface area contributed by atoms with Crippen molar-refractivity contribution in [1.82, 2.24) is 5.16 Å². The molecule has 0 amide bonds. The van der Waals surface area contributed by atoms with Gasteiger partial charge >= 0.3 is 0 Å². The summed E-state index contributed by atoms with van der Waals surface area (Å²) in [5.74, 6) is 0. The quantitative estimate of drug-likeness (QED) is 0.665. The number of hydrogen-bond acceptors (Lipinski definition) is 2. The summed E-state index contributed by atoms with van der Waals surface area (Å²) < 4.78 is 4.88. The van der Waals surface area contributed by atoms with Crippen LogP contribution in [0.2, 0.25) is 5.22 Å². The lowest BCUT2D eigenvalue weighted by atomic mass is 10.0. The number of halogens is 1. The van der Waals surface area contributed by atoms with E-state index in [2.05, 4.69) is 29.4 Å². The summed E-state index contributed by atoms with van der Waals surface area (Å²) in [5.41, 5.74) is 4.06. The number of hydrogen-bond donors (Lipinski definition) is 0. The monoisotopic (exact) mass is 255 g/mol. The van der Waals surface area contributed by atoms with Crippen molar-refractivity contribution in [3.63, 3.8) is 0 Å². The van der Waals surface area contributed by atoms with Crippen molar-refractivity contribution in [3.05, 3.63) is 65.9 Å². The minimum absolute atomic E-state index is 0.301. The highest BCUT2D eigenvalue weighted by atomic mass is 35.5. The number of benzene rings is 2. The molecule has 0 N–H and O–H groups in total. The maximum Gasteiger partial charge on any atom is 0.226 e. The Labute approximate surface area is 110 Å². The van der Waals surface area contributed by atoms with Gasteiger partial charge in [-0.2, -0.15) is 0 Å². The van der Waals surface area contributed by atoms with Crippen molar-refractivity contribution in [1.29, 1.82) is 0 Å². The molecule has 0 unspecified atom stereocenters. The van der Waals surface area contributed by atoms with E-state index < -0.39 is 0 Å². The zero-order valence-electron chi connectivity index (χ0n) is 9.51. The molecule has 18 heavy (non-hydrogen) atoms. The first kappa shape index (κ1) is 11.1. The first-order valence-corrected chi connectivity index (χ1v) is 5.99. The Morgan fingerprint density at radius 3 is 2.22 bits per heavy atom. The SMILES string of the molecule is Clc1cc(-c2cccc(-c3ccccc3)c2)no1. The van der Waals surface area contributed by atoms with E-state index in [0.717, 1.165) is 16.8 Å². The second kappa shape index (κ2) is 4.67. The molecule has 0 saturated carbocycles. The third-order valence-corrected chi connectivity index (χ3v) is 2.92. The van der Waals surface area contributed by atoms with E-state index in [0.29, 0.717) is 5.22 Å². The Kier molecular flexibility index (Phi) is 2.87. The predicted molar refractivity (Wildman–Crippen MR) is 72.4 cm³/mol. The van der Waals surface area contributed by atoms with Crippen LogP contribution in [-0.2, 0) is 0 Å². The molecular weight excluding hydrogens is 246 g/mol. The highest BCUT2D eigenvalue weighted by Crippen LogP contribution is 2.26. The lowest BCUT2D eigenvalue weighted by Gasteiger charge is -2.03. The zero-order chi connectivity index (χ0) is 12.4. The van der Waals surface area contributed by atoms with Crippen molar-refractivity contribution in [2.75, 3.05) is 0 Å². The van der Waals surface area contributed by atoms with Crippen LogP contribution >= 0.6 is 11.6 Å². The van der Waals surface area contributed by atoms with Gasteiger partial charge in [0.2, 0.25) is 5.22 Å². The van der Waals surface area contributed by atoms with E-state index in [1.54, 1.807) is 6.07 Å². The van der Waals surface area contributed by atoms with Crippen molar-refractivity contribution in [3.8, 4) is 22.4 Å². The zero-order valence-corrected chi connectivity index (χ0v) is 10.3. The fraction of sp³-hybridized carbons (Fsp3) is 0. The average molecular weight is 256 g/mol. The molecule has 88 valence electrons. The summed E-state index contributed by atoms with van der Waals surface area (Å²) in [6.07, 6.45) is 0. The molecule has 0 spiro atoms. The van der Waals surface area contributed by atoms with E-state index in [-0.39, 0.29) is 0 Å². The van der Waals surface area contributed by atoms with Crippen LogP contribution in [0.15, 0.2) is 65.2 Å². The van der Waals surface area contributed by atoms with Crippen LogP contribution in [0.5, 0.6) is 0 Å². The van der Waals surface area contributed by atoms with Crippen molar-refractivity contribution in [2.24, 2.45) is 0 Å². The highest BCUT2D eigenvalue weighted by Gasteiger charge is 2.06. The second-order valence-electron chi connectivity index (χ2n) is 3.96. The van der Waals surface area contributed by atoms with Gasteiger partial charge in [-0.25, -0.2) is 0 Å². The topological polar surface area (TPSA) is 26.0 Å². The Bertz CT molecular complexity index is 661. The van der Waals surface area contributed by atoms with Gasteiger partial charge in [-0.1, -0.05) is 53.7 Å². The lowest BCUT2D eigenvalue weighted by Crippen LogP contribution is -1.80. The van der Waals surface area contributed by atoms with Gasteiger partial charge in [-0.15, -0.1) is 0 Å². The van der Waals surface area contributed by atoms with Crippen molar-refractivity contribution < 1.29 is 4.52 Å². The average Bonchev–Trinajstić information content (AvgIpc) is 2.87. The van der Waals surface area contributed by atoms with Crippen LogP contribution in [0.25, 0.3) is 22.4 Å². The molecular formula is C15H10ClNO. The molecule has 1 heterocycles. The first-order valence-electron chi connectivity index (χ1n) is 5.61. The van der Waals surface area contributed by atoms with Crippen LogP contribution in [0, 0.1) is 0 Å². The van der Waals surface area contributed by atoms with Gasteiger partial charge in [0.05, 0.1) is 0 Å². The summed E-state index contributed by atoms with van der Waals surface area (Å²) in [6, 6.07) is 20.1. The minimum atomic E-state index is 0.301. The van der Waals surface area contributed by atoms with Crippen LogP contribution < -0.4 is 0 Å². The highest BCUT2D eigenvalue weighted by molar-refractivity contribution is 6.29. The standard InChI is InChI=1S/C15H10ClNO/c16-15-10-14(17-18-15)13-8-4-7-12(9-13)11-5-2-1-3-6-11/h1-10H. The molecule has 0 atom stereocenters. The molecule has 1 aromatic heterocycles. The molecule has 0 aliphatic carbocycles. The van der Waals surface area contributed by atoms with Gasteiger partial charge in [-0.3, -0.25) is 0 Å². The van der Waals surface area contributed by atoms with E-state index in [1.165, 1.54) is 5.56 Å². The lowest BCUT2D eigenvalue weighted by molar-refractivity contribution is 0.424. The number of rotatable bonds is 2. The number of nitrogens with zero attached hydrogens (tertiary/aromatic N) is 1. The van der Waals surface area contributed by atoms with E-state index in [4.69, 9.17) is 16.1 Å². The normalized spacial score (nSPS) is 10.5. The smallest absolute Gasteiger partial charge is 0.226 e. The van der Waals surface area contributed by atoms with Crippen LogP contribution in [0.1, 0.15) is 0 Å². The molecule has 0 bridgehead atoms. The first-order chi connectivity index (χ1) is 8.83. The fourth-order valence-corrected chi connectivity index (χ4v) is 2.02. The third-order valence-electron chi connectivity index (χ3n) is 2.75. The van der Waals surface area contributed by atoms with Gasteiger partial charge in [0, 0.05) is 11.6 Å². The summed E-state index contributed by atoms with van der Waals surface area (Å²) in [4.78, 5) is 0. The molecule has 0 fully saturated rings. The van der Waals surface area contributed by atoms with Gasteiger partial charge < -0.3 is 4.52 Å². The molecule has 0 radical (unpaired) electrons. The second-order valence-corrected chi connectivity index (χ2v) is 4.34. The minimum Gasteiger partial charge on any atom is -0.344 e. The maximum absolute atomic E-state index is 5.74. The van der Waals surface area contributed by atoms with Crippen LogP contribution in [-0.4, -0.2) is 5.16 Å². The third kappa shape index (κ3) is 2.15.